The lowest BCUT2D eigenvalue weighted by molar-refractivity contribution is -0.385. The first kappa shape index (κ1) is 19.3. The molecule has 1 aliphatic rings. The van der Waals surface area contributed by atoms with Crippen LogP contribution in [0.25, 0.3) is 0 Å². The molecule has 0 bridgehead atoms. The number of hydrogen-bond acceptors (Lipinski definition) is 5. The van der Waals surface area contributed by atoms with Crippen molar-refractivity contribution in [3.05, 3.63) is 69.8 Å². The molecule has 0 unspecified atom stereocenters. The standard InChI is InChI=1S/C20H21N3O5/c1-28-16-7-8-18(23(26)27)17(13-16)20(25)22-11-9-15(10-12-22)21-19(24)14-5-3-2-4-6-14/h2-8,13,15H,9-12H2,1H3,(H,21,24). The highest BCUT2D eigenvalue weighted by Crippen LogP contribution is 2.26. The number of likely N-dealkylation sites (tertiary alicyclic amines) is 1. The van der Waals surface area contributed by atoms with Gasteiger partial charge < -0.3 is 15.0 Å². The molecule has 28 heavy (non-hydrogen) atoms. The molecule has 1 N–H and O–H groups in total. The van der Waals surface area contributed by atoms with Gasteiger partial charge in [0, 0.05) is 30.8 Å². The number of rotatable bonds is 5. The average molecular weight is 383 g/mol. The molecule has 1 fully saturated rings. The molecule has 0 aliphatic carbocycles. The number of nitrogens with one attached hydrogen (secondary N) is 1. The van der Waals surface area contributed by atoms with Crippen molar-refractivity contribution < 1.29 is 19.2 Å². The lowest BCUT2D eigenvalue weighted by Crippen LogP contribution is -2.46. The van der Waals surface area contributed by atoms with Gasteiger partial charge in [-0.2, -0.15) is 0 Å². The molecule has 2 aromatic carbocycles. The lowest BCUT2D eigenvalue weighted by Gasteiger charge is -2.32. The summed E-state index contributed by atoms with van der Waals surface area (Å²) in [5.74, 6) is -0.161. The van der Waals surface area contributed by atoms with Crippen LogP contribution in [0.1, 0.15) is 33.6 Å². The maximum absolute atomic E-state index is 12.8. The first-order chi connectivity index (χ1) is 13.5. The van der Waals surface area contributed by atoms with Gasteiger partial charge in [0.15, 0.2) is 0 Å². The molecule has 0 saturated carbocycles. The summed E-state index contributed by atoms with van der Waals surface area (Å²) in [5, 5.41) is 14.2. The number of nitro groups is 1. The van der Waals surface area contributed by atoms with Crippen LogP contribution >= 0.6 is 0 Å². The van der Waals surface area contributed by atoms with E-state index in [2.05, 4.69) is 5.32 Å². The van der Waals surface area contributed by atoms with E-state index in [4.69, 9.17) is 4.74 Å². The Morgan fingerprint density at radius 1 is 1.14 bits per heavy atom. The minimum atomic E-state index is -0.570. The summed E-state index contributed by atoms with van der Waals surface area (Å²) >= 11 is 0. The second-order valence-corrected chi connectivity index (χ2v) is 6.55. The fraction of sp³-hybridized carbons (Fsp3) is 0.300. The second kappa shape index (κ2) is 8.51. The zero-order valence-electron chi connectivity index (χ0n) is 15.5. The Bertz CT molecular complexity index is 877. The minimum absolute atomic E-state index is 0.0103. The highest BCUT2D eigenvalue weighted by atomic mass is 16.6. The monoisotopic (exact) mass is 383 g/mol. The van der Waals surface area contributed by atoms with Crippen molar-refractivity contribution in [2.45, 2.75) is 18.9 Å². The summed E-state index contributed by atoms with van der Waals surface area (Å²) < 4.78 is 5.09. The topological polar surface area (TPSA) is 102 Å². The van der Waals surface area contributed by atoms with Gasteiger partial charge in [0.2, 0.25) is 0 Å². The van der Waals surface area contributed by atoms with Crippen molar-refractivity contribution in [1.29, 1.82) is 0 Å². The molecular formula is C20H21N3O5. The fourth-order valence-electron chi connectivity index (χ4n) is 3.23. The number of hydrogen-bond donors (Lipinski definition) is 1. The Hall–Kier alpha value is -3.42. The smallest absolute Gasteiger partial charge is 0.282 e. The summed E-state index contributed by atoms with van der Waals surface area (Å²) in [6.45, 7) is 0.819. The van der Waals surface area contributed by atoms with Gasteiger partial charge in [-0.3, -0.25) is 19.7 Å². The van der Waals surface area contributed by atoms with E-state index in [1.165, 1.54) is 25.3 Å². The van der Waals surface area contributed by atoms with E-state index in [9.17, 15) is 19.7 Å². The molecule has 2 amide bonds. The van der Waals surface area contributed by atoms with Gasteiger partial charge >= 0.3 is 0 Å². The number of carbonyl (C=O) groups excluding carboxylic acids is 2. The van der Waals surface area contributed by atoms with Crippen molar-refractivity contribution >= 4 is 17.5 Å². The van der Waals surface area contributed by atoms with Gasteiger partial charge in [0.1, 0.15) is 11.3 Å². The van der Waals surface area contributed by atoms with E-state index in [1.807, 2.05) is 6.07 Å². The third kappa shape index (κ3) is 4.28. The number of amides is 2. The molecule has 0 atom stereocenters. The molecule has 1 saturated heterocycles. The lowest BCUT2D eigenvalue weighted by atomic mass is 10.0. The highest BCUT2D eigenvalue weighted by molar-refractivity contribution is 5.98. The van der Waals surface area contributed by atoms with Crippen LogP contribution in [0.3, 0.4) is 0 Å². The van der Waals surface area contributed by atoms with E-state index >= 15 is 0 Å². The fourth-order valence-corrected chi connectivity index (χ4v) is 3.23. The summed E-state index contributed by atoms with van der Waals surface area (Å²) in [6.07, 6.45) is 1.17. The maximum Gasteiger partial charge on any atom is 0.282 e. The van der Waals surface area contributed by atoms with Crippen LogP contribution in [0, 0.1) is 10.1 Å². The van der Waals surface area contributed by atoms with Gasteiger partial charge in [-0.1, -0.05) is 18.2 Å². The zero-order chi connectivity index (χ0) is 20.1. The number of ether oxygens (including phenoxy) is 1. The number of piperidine rings is 1. The van der Waals surface area contributed by atoms with Crippen LogP contribution in [-0.4, -0.2) is 47.9 Å². The van der Waals surface area contributed by atoms with Gasteiger partial charge in [0.05, 0.1) is 12.0 Å². The second-order valence-electron chi connectivity index (χ2n) is 6.55. The first-order valence-corrected chi connectivity index (χ1v) is 8.97. The van der Waals surface area contributed by atoms with Crippen LogP contribution in [0.4, 0.5) is 5.69 Å². The Labute approximate surface area is 162 Å². The molecule has 146 valence electrons. The maximum atomic E-state index is 12.8. The Balaban J connectivity index is 1.64. The molecule has 3 rings (SSSR count). The quantitative estimate of drug-likeness (QED) is 0.632. The molecule has 8 heteroatoms. The van der Waals surface area contributed by atoms with Crippen LogP contribution in [0.2, 0.25) is 0 Å². The molecule has 2 aromatic rings. The third-order valence-electron chi connectivity index (χ3n) is 4.78. The van der Waals surface area contributed by atoms with E-state index in [0.29, 0.717) is 37.2 Å². The summed E-state index contributed by atoms with van der Waals surface area (Å²) in [7, 11) is 1.44. The summed E-state index contributed by atoms with van der Waals surface area (Å²) in [4.78, 5) is 37.4. The molecule has 0 radical (unpaired) electrons. The number of nitrogens with zero attached hydrogens (tertiary/aromatic N) is 2. The normalized spacial score (nSPS) is 14.4. The van der Waals surface area contributed by atoms with Crippen molar-refractivity contribution in [2.75, 3.05) is 20.2 Å². The van der Waals surface area contributed by atoms with Crippen LogP contribution in [-0.2, 0) is 0 Å². The Kier molecular flexibility index (Phi) is 5.88. The first-order valence-electron chi connectivity index (χ1n) is 8.97. The highest BCUT2D eigenvalue weighted by Gasteiger charge is 2.29. The Morgan fingerprint density at radius 2 is 1.82 bits per heavy atom. The number of carbonyl (C=O) groups is 2. The molecule has 0 spiro atoms. The van der Waals surface area contributed by atoms with Gasteiger partial charge in [-0.25, -0.2) is 0 Å². The van der Waals surface area contributed by atoms with E-state index in [0.717, 1.165) is 0 Å². The number of benzene rings is 2. The zero-order valence-corrected chi connectivity index (χ0v) is 15.5. The van der Waals surface area contributed by atoms with E-state index < -0.39 is 10.8 Å². The third-order valence-corrected chi connectivity index (χ3v) is 4.78. The van der Waals surface area contributed by atoms with Gasteiger partial charge in [-0.05, 0) is 37.1 Å². The van der Waals surface area contributed by atoms with E-state index in [1.54, 1.807) is 29.2 Å². The predicted octanol–water partition coefficient (Wildman–Crippen LogP) is 2.64. The number of methoxy groups -OCH3 is 1. The average Bonchev–Trinajstić information content (AvgIpc) is 2.73. The number of nitro benzene ring substituents is 1. The van der Waals surface area contributed by atoms with Crippen molar-refractivity contribution in [3.63, 3.8) is 0 Å². The summed E-state index contributed by atoms with van der Waals surface area (Å²) in [6, 6.07) is 13.0. The van der Waals surface area contributed by atoms with Crippen molar-refractivity contribution in [3.8, 4) is 5.75 Å². The Morgan fingerprint density at radius 3 is 2.43 bits per heavy atom. The predicted molar refractivity (Wildman–Crippen MR) is 102 cm³/mol. The van der Waals surface area contributed by atoms with E-state index in [-0.39, 0.29) is 23.2 Å². The van der Waals surface area contributed by atoms with Crippen molar-refractivity contribution in [2.24, 2.45) is 0 Å². The largest absolute Gasteiger partial charge is 0.497 e. The van der Waals surface area contributed by atoms with Gasteiger partial charge in [0.25, 0.3) is 17.5 Å². The van der Waals surface area contributed by atoms with Crippen LogP contribution < -0.4 is 10.1 Å². The van der Waals surface area contributed by atoms with Crippen LogP contribution in [0.15, 0.2) is 48.5 Å². The van der Waals surface area contributed by atoms with Crippen molar-refractivity contribution in [1.82, 2.24) is 10.2 Å². The van der Waals surface area contributed by atoms with Crippen LogP contribution in [0.5, 0.6) is 5.75 Å². The minimum Gasteiger partial charge on any atom is -0.497 e. The molecule has 8 nitrogen and oxygen atoms in total. The molecular weight excluding hydrogens is 362 g/mol. The molecule has 0 aromatic heterocycles. The van der Waals surface area contributed by atoms with Gasteiger partial charge in [-0.15, -0.1) is 0 Å². The SMILES string of the molecule is COc1ccc([N+](=O)[O-])c(C(=O)N2CCC(NC(=O)c3ccccc3)CC2)c1. The molecule has 1 heterocycles. The summed E-state index contributed by atoms with van der Waals surface area (Å²) in [5.41, 5.74) is 0.356. The molecule has 1 aliphatic heterocycles.